The van der Waals surface area contributed by atoms with Crippen molar-refractivity contribution in [3.63, 3.8) is 0 Å². The molecule has 9 heteroatoms. The normalized spacial score (nSPS) is 17.0. The van der Waals surface area contributed by atoms with E-state index in [-0.39, 0.29) is 30.4 Å². The first kappa shape index (κ1) is 20.2. The minimum absolute atomic E-state index is 0. The lowest BCUT2D eigenvalue weighted by Crippen LogP contribution is -2.47. The van der Waals surface area contributed by atoms with Crippen molar-refractivity contribution in [1.82, 2.24) is 10.2 Å². The van der Waals surface area contributed by atoms with Gasteiger partial charge < -0.3 is 10.4 Å². The van der Waals surface area contributed by atoms with Gasteiger partial charge in [0.1, 0.15) is 6.04 Å². The average molecular weight is 351 g/mol. The summed E-state index contributed by atoms with van der Waals surface area (Å²) in [6.45, 7) is 1.78. The van der Waals surface area contributed by atoms with Crippen LogP contribution in [-0.2, 0) is 0 Å². The van der Waals surface area contributed by atoms with Crippen LogP contribution in [0.25, 0.3) is 0 Å². The van der Waals surface area contributed by atoms with Gasteiger partial charge in [-0.05, 0) is 6.07 Å². The van der Waals surface area contributed by atoms with E-state index in [9.17, 15) is 22.7 Å². The van der Waals surface area contributed by atoms with E-state index in [0.717, 1.165) is 12.1 Å². The van der Waals surface area contributed by atoms with Crippen molar-refractivity contribution in [2.45, 2.75) is 12.5 Å². The fourth-order valence-corrected chi connectivity index (χ4v) is 2.25. The maximum atomic E-state index is 13.3. The number of nitrogens with zero attached hydrogens (tertiary/aromatic N) is 1. The summed E-state index contributed by atoms with van der Waals surface area (Å²) in [7, 11) is 0. The monoisotopic (exact) mass is 350 g/mol. The van der Waals surface area contributed by atoms with E-state index in [2.05, 4.69) is 5.32 Å². The second-order valence-corrected chi connectivity index (χ2v) is 4.36. The Kier molecular flexibility index (Phi) is 8.31. The number of alkyl halides is 2. The lowest BCUT2D eigenvalue weighted by Gasteiger charge is -2.34. The number of hydrogen-bond acceptors (Lipinski definition) is 3. The Labute approximate surface area is 132 Å². The predicted molar refractivity (Wildman–Crippen MR) is 75.7 cm³/mol. The van der Waals surface area contributed by atoms with Crippen LogP contribution in [0.1, 0.15) is 11.6 Å². The highest BCUT2D eigenvalue weighted by Gasteiger charge is 2.33. The summed E-state index contributed by atoms with van der Waals surface area (Å²) in [5.74, 6) is -3.78. The van der Waals surface area contributed by atoms with E-state index < -0.39 is 29.9 Å². The molecular formula is C12H16Cl2F4N2O. The molecule has 1 aromatic rings. The molecule has 1 saturated heterocycles. The van der Waals surface area contributed by atoms with Crippen molar-refractivity contribution < 1.29 is 22.7 Å². The third-order valence-corrected chi connectivity index (χ3v) is 3.20. The lowest BCUT2D eigenvalue weighted by atomic mass is 10.0. The number of nitrogens with one attached hydrogen (secondary N) is 1. The quantitative estimate of drug-likeness (QED) is 0.823. The third kappa shape index (κ3) is 4.35. The van der Waals surface area contributed by atoms with Gasteiger partial charge in [-0.25, -0.2) is 13.2 Å². The fourth-order valence-electron chi connectivity index (χ4n) is 2.25. The minimum atomic E-state index is -2.80. The zero-order valence-corrected chi connectivity index (χ0v) is 12.5. The lowest BCUT2D eigenvalue weighted by molar-refractivity contribution is 0.0167. The molecule has 21 heavy (non-hydrogen) atoms. The zero-order valence-electron chi connectivity index (χ0n) is 10.9. The van der Waals surface area contributed by atoms with Crippen LogP contribution in [0.4, 0.5) is 17.6 Å². The Morgan fingerprint density at radius 1 is 1.10 bits per heavy atom. The zero-order chi connectivity index (χ0) is 14.0. The Bertz CT molecular complexity index is 459. The Morgan fingerprint density at radius 3 is 2.19 bits per heavy atom. The molecule has 1 atom stereocenters. The van der Waals surface area contributed by atoms with Gasteiger partial charge in [-0.2, -0.15) is 4.39 Å². The van der Waals surface area contributed by atoms with Gasteiger partial charge >= 0.3 is 0 Å². The second-order valence-electron chi connectivity index (χ2n) is 4.36. The molecule has 0 unspecified atom stereocenters. The first-order valence-electron chi connectivity index (χ1n) is 5.92. The predicted octanol–water partition coefficient (Wildman–Crippen LogP) is 2.73. The standard InChI is InChI=1S/C12H14F4N2O.2ClH/c13-8-2-1-7(11(19)9(8)14)10(12(15)16)18-5-3-17-4-6-18;;/h1-2,10,12,17,19H,3-6H2;2*1H/t10-;;/m0../s1. The van der Waals surface area contributed by atoms with Crippen LogP contribution in [0.3, 0.4) is 0 Å². The Balaban J connectivity index is 0.00000200. The number of phenols is 1. The highest BCUT2D eigenvalue weighted by molar-refractivity contribution is 5.85. The molecule has 122 valence electrons. The summed E-state index contributed by atoms with van der Waals surface area (Å²) in [5.41, 5.74) is -0.282. The van der Waals surface area contributed by atoms with Crippen LogP contribution in [0.2, 0.25) is 0 Å². The van der Waals surface area contributed by atoms with E-state index in [0.29, 0.717) is 26.2 Å². The second kappa shape index (κ2) is 8.63. The molecule has 0 saturated carbocycles. The average Bonchev–Trinajstić information content (AvgIpc) is 2.40. The van der Waals surface area contributed by atoms with E-state index in [1.54, 1.807) is 0 Å². The van der Waals surface area contributed by atoms with Crippen molar-refractivity contribution in [2.24, 2.45) is 0 Å². The number of benzene rings is 1. The van der Waals surface area contributed by atoms with Crippen molar-refractivity contribution in [3.8, 4) is 5.75 Å². The molecule has 2 N–H and O–H groups in total. The molecule has 0 amide bonds. The molecule has 0 radical (unpaired) electrons. The SMILES string of the molecule is Cl.Cl.Oc1c([C@@H](C(F)F)N2CCNCC2)ccc(F)c1F. The van der Waals surface area contributed by atoms with Gasteiger partial charge in [-0.3, -0.25) is 4.90 Å². The van der Waals surface area contributed by atoms with Crippen LogP contribution in [-0.4, -0.2) is 42.6 Å². The maximum Gasteiger partial charge on any atom is 0.258 e. The summed E-state index contributed by atoms with van der Waals surface area (Å²) in [4.78, 5) is 1.45. The van der Waals surface area contributed by atoms with Gasteiger partial charge in [0.25, 0.3) is 6.43 Å². The van der Waals surface area contributed by atoms with Crippen molar-refractivity contribution in [2.75, 3.05) is 26.2 Å². The molecule has 3 nitrogen and oxygen atoms in total. The summed E-state index contributed by atoms with van der Waals surface area (Å²) in [5, 5.41) is 12.5. The fraction of sp³-hybridized carbons (Fsp3) is 0.500. The molecule has 2 rings (SSSR count). The number of hydrogen-bond donors (Lipinski definition) is 2. The van der Waals surface area contributed by atoms with E-state index in [1.165, 1.54) is 4.90 Å². The van der Waals surface area contributed by atoms with Crippen molar-refractivity contribution in [1.29, 1.82) is 0 Å². The molecule has 1 aromatic carbocycles. The molecule has 0 spiro atoms. The largest absolute Gasteiger partial charge is 0.505 e. The van der Waals surface area contributed by atoms with Crippen molar-refractivity contribution in [3.05, 3.63) is 29.3 Å². The molecule has 1 fully saturated rings. The summed E-state index contributed by atoms with van der Waals surface area (Å²) in [6.07, 6.45) is -2.80. The Hall–Kier alpha value is -0.760. The number of halogens is 6. The van der Waals surface area contributed by atoms with Gasteiger partial charge in [-0.15, -0.1) is 24.8 Å². The third-order valence-electron chi connectivity index (χ3n) is 3.20. The smallest absolute Gasteiger partial charge is 0.258 e. The molecule has 0 bridgehead atoms. The number of rotatable bonds is 3. The van der Waals surface area contributed by atoms with E-state index in [1.807, 2.05) is 0 Å². The van der Waals surface area contributed by atoms with Gasteiger partial charge in [0, 0.05) is 31.7 Å². The van der Waals surface area contributed by atoms with Crippen LogP contribution in [0.5, 0.6) is 5.75 Å². The van der Waals surface area contributed by atoms with Crippen LogP contribution >= 0.6 is 24.8 Å². The molecule has 1 heterocycles. The van der Waals surface area contributed by atoms with Crippen LogP contribution in [0, 0.1) is 11.6 Å². The van der Waals surface area contributed by atoms with Gasteiger partial charge in [-0.1, -0.05) is 6.07 Å². The topological polar surface area (TPSA) is 35.5 Å². The highest BCUT2D eigenvalue weighted by atomic mass is 35.5. The molecule has 0 aliphatic carbocycles. The molecule has 0 aromatic heterocycles. The molecule has 1 aliphatic heterocycles. The van der Waals surface area contributed by atoms with Crippen molar-refractivity contribution >= 4 is 24.8 Å². The highest BCUT2D eigenvalue weighted by Crippen LogP contribution is 2.35. The first-order chi connectivity index (χ1) is 9.02. The number of phenolic OH excluding ortho intramolecular Hbond substituents is 1. The maximum absolute atomic E-state index is 13.3. The summed E-state index contributed by atoms with van der Waals surface area (Å²) >= 11 is 0. The van der Waals surface area contributed by atoms with Crippen LogP contribution in [0.15, 0.2) is 12.1 Å². The summed E-state index contributed by atoms with van der Waals surface area (Å²) < 4.78 is 52.6. The van der Waals surface area contributed by atoms with E-state index >= 15 is 0 Å². The first-order valence-corrected chi connectivity index (χ1v) is 5.92. The number of aromatic hydroxyl groups is 1. The summed E-state index contributed by atoms with van der Waals surface area (Å²) in [6, 6.07) is 0.325. The van der Waals surface area contributed by atoms with E-state index in [4.69, 9.17) is 0 Å². The van der Waals surface area contributed by atoms with Crippen LogP contribution < -0.4 is 5.32 Å². The van der Waals surface area contributed by atoms with Gasteiger partial charge in [0.05, 0.1) is 0 Å². The minimum Gasteiger partial charge on any atom is -0.505 e. The van der Waals surface area contributed by atoms with Gasteiger partial charge in [0.15, 0.2) is 11.6 Å². The molecular weight excluding hydrogens is 335 g/mol. The van der Waals surface area contributed by atoms with Gasteiger partial charge in [0.2, 0.25) is 5.82 Å². The molecule has 1 aliphatic rings. The Morgan fingerprint density at radius 2 is 1.67 bits per heavy atom. The number of piperazine rings is 1.